The molecule has 4 rings (SSSR count). The van der Waals surface area contributed by atoms with Crippen LogP contribution in [0.1, 0.15) is 19.3 Å². The molecule has 0 aliphatic rings. The van der Waals surface area contributed by atoms with E-state index in [0.717, 1.165) is 20.5 Å². The van der Waals surface area contributed by atoms with Crippen molar-refractivity contribution in [3.05, 3.63) is 75.4 Å². The second-order valence-electron chi connectivity index (χ2n) is 5.91. The first-order valence-electron chi connectivity index (χ1n) is 8.34. The first-order chi connectivity index (χ1) is 13.6. The van der Waals surface area contributed by atoms with Gasteiger partial charge in [-0.2, -0.15) is 0 Å². The van der Waals surface area contributed by atoms with Crippen molar-refractivity contribution in [3.8, 4) is 10.4 Å². The lowest BCUT2D eigenvalue weighted by molar-refractivity contribution is 0.0607. The fourth-order valence-corrected chi connectivity index (χ4v) is 5.26. The van der Waals surface area contributed by atoms with Crippen molar-refractivity contribution in [3.63, 3.8) is 0 Å². The van der Waals surface area contributed by atoms with Gasteiger partial charge in [-0.25, -0.2) is 4.79 Å². The van der Waals surface area contributed by atoms with E-state index in [4.69, 9.17) is 16.3 Å². The van der Waals surface area contributed by atoms with Crippen LogP contribution in [0.2, 0.25) is 5.02 Å². The fraction of sp³-hybridized carbons (Fsp3) is 0.0476. The Morgan fingerprint density at radius 1 is 0.964 bits per heavy atom. The maximum absolute atomic E-state index is 12.9. The predicted molar refractivity (Wildman–Crippen MR) is 116 cm³/mol. The molecule has 0 unspecified atom stereocenters. The van der Waals surface area contributed by atoms with Gasteiger partial charge in [0.25, 0.3) is 5.91 Å². The topological polar surface area (TPSA) is 55.4 Å². The Labute approximate surface area is 174 Å². The Morgan fingerprint density at radius 2 is 1.68 bits per heavy atom. The smallest absolute Gasteiger partial charge is 0.350 e. The van der Waals surface area contributed by atoms with Crippen LogP contribution < -0.4 is 5.32 Å². The zero-order chi connectivity index (χ0) is 19.7. The van der Waals surface area contributed by atoms with Crippen molar-refractivity contribution in [1.82, 2.24) is 0 Å². The van der Waals surface area contributed by atoms with Gasteiger partial charge in [-0.3, -0.25) is 4.79 Å². The number of amides is 1. The highest BCUT2D eigenvalue weighted by Crippen LogP contribution is 2.38. The Balaban J connectivity index is 1.71. The molecule has 0 bridgehead atoms. The zero-order valence-corrected chi connectivity index (χ0v) is 17.1. The molecule has 4 aromatic rings. The molecule has 0 atom stereocenters. The molecule has 2 aromatic carbocycles. The number of esters is 1. The van der Waals surface area contributed by atoms with Gasteiger partial charge in [-0.1, -0.05) is 60.1 Å². The van der Waals surface area contributed by atoms with Crippen LogP contribution in [0.25, 0.3) is 20.5 Å². The molecular weight excluding hydrogens is 414 g/mol. The minimum atomic E-state index is -0.495. The Kier molecular flexibility index (Phi) is 5.17. The van der Waals surface area contributed by atoms with Crippen molar-refractivity contribution in [1.29, 1.82) is 0 Å². The summed E-state index contributed by atoms with van der Waals surface area (Å²) in [6, 6.07) is 19.0. The SMILES string of the molecule is COC(=O)c1sc(-c2ccccc2)cc1NC(=O)c1sc2ccccc2c1Cl. The third kappa shape index (κ3) is 3.42. The third-order valence-corrected chi connectivity index (χ3v) is 6.99. The predicted octanol–water partition coefficient (Wildman–Crippen LogP) is 6.32. The molecule has 7 heteroatoms. The first kappa shape index (κ1) is 18.7. The van der Waals surface area contributed by atoms with Gasteiger partial charge in [0.2, 0.25) is 0 Å². The molecule has 0 aliphatic carbocycles. The van der Waals surface area contributed by atoms with Crippen LogP contribution in [0, 0.1) is 0 Å². The molecule has 140 valence electrons. The van der Waals surface area contributed by atoms with Gasteiger partial charge >= 0.3 is 5.97 Å². The van der Waals surface area contributed by atoms with Gasteiger partial charge in [0.15, 0.2) is 0 Å². The molecule has 1 amide bonds. The van der Waals surface area contributed by atoms with E-state index in [1.807, 2.05) is 54.6 Å². The number of rotatable bonds is 4. The van der Waals surface area contributed by atoms with E-state index < -0.39 is 5.97 Å². The highest BCUT2D eigenvalue weighted by Gasteiger charge is 2.22. The van der Waals surface area contributed by atoms with Crippen LogP contribution in [0.3, 0.4) is 0 Å². The lowest BCUT2D eigenvalue weighted by Gasteiger charge is -2.04. The van der Waals surface area contributed by atoms with E-state index in [0.29, 0.717) is 20.5 Å². The van der Waals surface area contributed by atoms with E-state index in [2.05, 4.69) is 5.32 Å². The van der Waals surface area contributed by atoms with E-state index in [1.54, 1.807) is 6.07 Å². The number of fused-ring (bicyclic) bond motifs is 1. The number of ether oxygens (including phenoxy) is 1. The van der Waals surface area contributed by atoms with Crippen LogP contribution in [-0.2, 0) is 4.74 Å². The molecule has 28 heavy (non-hydrogen) atoms. The summed E-state index contributed by atoms with van der Waals surface area (Å²) < 4.78 is 5.81. The first-order valence-corrected chi connectivity index (χ1v) is 10.4. The van der Waals surface area contributed by atoms with Crippen molar-refractivity contribution in [2.45, 2.75) is 0 Å². The number of benzene rings is 2. The number of methoxy groups -OCH3 is 1. The van der Waals surface area contributed by atoms with E-state index in [-0.39, 0.29) is 5.91 Å². The molecular formula is C21H14ClNO3S2. The summed E-state index contributed by atoms with van der Waals surface area (Å²) in [6.07, 6.45) is 0. The van der Waals surface area contributed by atoms with Crippen LogP contribution in [0.5, 0.6) is 0 Å². The van der Waals surface area contributed by atoms with Crippen molar-refractivity contribution < 1.29 is 14.3 Å². The quantitative estimate of drug-likeness (QED) is 0.387. The van der Waals surface area contributed by atoms with E-state index >= 15 is 0 Å². The average Bonchev–Trinajstić information content (AvgIpc) is 3.30. The number of carbonyl (C=O) groups is 2. The number of nitrogens with one attached hydrogen (secondary N) is 1. The van der Waals surface area contributed by atoms with Crippen LogP contribution in [0.4, 0.5) is 5.69 Å². The second-order valence-corrected chi connectivity index (χ2v) is 8.39. The molecule has 0 spiro atoms. The molecule has 0 aliphatic heterocycles. The Bertz CT molecular complexity index is 1180. The lowest BCUT2D eigenvalue weighted by atomic mass is 10.2. The van der Waals surface area contributed by atoms with E-state index in [9.17, 15) is 9.59 Å². The number of thiophene rings is 2. The summed E-state index contributed by atoms with van der Waals surface area (Å²) >= 11 is 9.00. The van der Waals surface area contributed by atoms with Gasteiger partial charge in [0.05, 0.1) is 17.8 Å². The third-order valence-electron chi connectivity index (χ3n) is 4.15. The number of carbonyl (C=O) groups excluding carboxylic acids is 2. The van der Waals surface area contributed by atoms with Crippen molar-refractivity contribution in [2.75, 3.05) is 12.4 Å². The Hall–Kier alpha value is -2.67. The monoisotopic (exact) mass is 427 g/mol. The number of hydrogen-bond acceptors (Lipinski definition) is 5. The molecule has 2 heterocycles. The van der Waals surface area contributed by atoms with Crippen molar-refractivity contribution >= 4 is 61.9 Å². The van der Waals surface area contributed by atoms with Crippen LogP contribution >= 0.6 is 34.3 Å². The summed E-state index contributed by atoms with van der Waals surface area (Å²) in [5.74, 6) is -0.848. The summed E-state index contributed by atoms with van der Waals surface area (Å²) in [4.78, 5) is 26.7. The molecule has 0 radical (unpaired) electrons. The molecule has 0 fully saturated rings. The maximum Gasteiger partial charge on any atom is 0.350 e. The van der Waals surface area contributed by atoms with Crippen molar-refractivity contribution in [2.24, 2.45) is 0 Å². The molecule has 0 saturated heterocycles. The minimum absolute atomic E-state index is 0.340. The highest BCUT2D eigenvalue weighted by molar-refractivity contribution is 7.21. The lowest BCUT2D eigenvalue weighted by Crippen LogP contribution is -2.13. The molecule has 2 aromatic heterocycles. The second kappa shape index (κ2) is 7.75. The van der Waals surface area contributed by atoms with Gasteiger partial charge < -0.3 is 10.1 Å². The molecule has 0 saturated carbocycles. The largest absolute Gasteiger partial charge is 0.465 e. The number of anilines is 1. The summed E-state index contributed by atoms with van der Waals surface area (Å²) in [7, 11) is 1.32. The fourth-order valence-electron chi connectivity index (χ4n) is 2.81. The summed E-state index contributed by atoms with van der Waals surface area (Å²) in [5.41, 5.74) is 1.37. The van der Waals surface area contributed by atoms with Crippen LogP contribution in [0.15, 0.2) is 60.7 Å². The summed E-state index contributed by atoms with van der Waals surface area (Å²) in [6.45, 7) is 0. The van der Waals surface area contributed by atoms with E-state index in [1.165, 1.54) is 29.8 Å². The standard InChI is InChI=1S/C21H14ClNO3S2/c1-26-21(25)18-14(11-16(28-18)12-7-3-2-4-8-12)23-20(24)19-17(22)13-9-5-6-10-15(13)27-19/h2-11H,1H3,(H,23,24). The van der Waals surface area contributed by atoms with Gasteiger partial charge in [-0.05, 0) is 17.7 Å². The molecule has 1 N–H and O–H groups in total. The summed E-state index contributed by atoms with van der Waals surface area (Å²) in [5, 5.41) is 4.08. The zero-order valence-electron chi connectivity index (χ0n) is 14.7. The number of halogens is 1. The Morgan fingerprint density at radius 3 is 2.39 bits per heavy atom. The van der Waals surface area contributed by atoms with Gasteiger partial charge in [0, 0.05) is 15.0 Å². The van der Waals surface area contributed by atoms with Gasteiger partial charge in [-0.15, -0.1) is 22.7 Å². The number of hydrogen-bond donors (Lipinski definition) is 1. The minimum Gasteiger partial charge on any atom is -0.465 e. The molecule has 4 nitrogen and oxygen atoms in total. The van der Waals surface area contributed by atoms with Crippen LogP contribution in [-0.4, -0.2) is 19.0 Å². The normalized spacial score (nSPS) is 10.8. The van der Waals surface area contributed by atoms with Gasteiger partial charge in [0.1, 0.15) is 9.75 Å². The maximum atomic E-state index is 12.9. The highest BCUT2D eigenvalue weighted by atomic mass is 35.5. The average molecular weight is 428 g/mol.